The van der Waals surface area contributed by atoms with Crippen LogP contribution in [0.5, 0.6) is 0 Å². The zero-order valence-electron chi connectivity index (χ0n) is 8.33. The summed E-state index contributed by atoms with van der Waals surface area (Å²) in [4.78, 5) is 10.3. The molecular weight excluding hydrogens is 244 g/mol. The van der Waals surface area contributed by atoms with Crippen LogP contribution in [0.3, 0.4) is 0 Å². The molecule has 1 rings (SSSR count). The van der Waals surface area contributed by atoms with Gasteiger partial charge in [-0.2, -0.15) is 13.2 Å². The van der Waals surface area contributed by atoms with E-state index in [4.69, 9.17) is 5.11 Å². The van der Waals surface area contributed by atoms with Gasteiger partial charge in [-0.1, -0.05) is 0 Å². The molecule has 0 aliphatic carbocycles. The lowest BCUT2D eigenvalue weighted by Crippen LogP contribution is -2.14. The molecule has 0 heterocycles. The number of aliphatic carboxylic acids is 1. The van der Waals surface area contributed by atoms with Crippen molar-refractivity contribution in [1.82, 2.24) is 0 Å². The number of alkyl halides is 3. The van der Waals surface area contributed by atoms with Gasteiger partial charge in [-0.05, 0) is 23.8 Å². The molecule has 7 heteroatoms. The number of rotatable bonds is 3. The number of benzene rings is 1. The third-order valence-corrected chi connectivity index (χ3v) is 2.05. The lowest BCUT2D eigenvalue weighted by atomic mass is 9.99. The minimum atomic E-state index is -4.78. The average Bonchev–Trinajstić information content (AvgIpc) is 2.14. The van der Waals surface area contributed by atoms with Gasteiger partial charge >= 0.3 is 12.1 Å². The van der Waals surface area contributed by atoms with Gasteiger partial charge in [-0.3, -0.25) is 4.79 Å². The van der Waals surface area contributed by atoms with Crippen molar-refractivity contribution in [3.05, 3.63) is 35.1 Å². The number of aliphatic hydroxyl groups excluding tert-OH is 1. The molecule has 0 saturated heterocycles. The first-order valence-electron chi connectivity index (χ1n) is 4.48. The van der Waals surface area contributed by atoms with Gasteiger partial charge in [0.2, 0.25) is 0 Å². The first-order chi connectivity index (χ1) is 7.71. The summed E-state index contributed by atoms with van der Waals surface area (Å²) < 4.78 is 50.3. The van der Waals surface area contributed by atoms with Crippen molar-refractivity contribution in [3.63, 3.8) is 0 Å². The number of hydrogen-bond acceptors (Lipinski definition) is 2. The van der Waals surface area contributed by atoms with Crippen molar-refractivity contribution in [2.24, 2.45) is 0 Å². The van der Waals surface area contributed by atoms with Crippen LogP contribution in [-0.2, 0) is 11.0 Å². The largest absolute Gasteiger partial charge is 0.481 e. The second-order valence-corrected chi connectivity index (χ2v) is 3.34. The monoisotopic (exact) mass is 252 g/mol. The third kappa shape index (κ3) is 3.42. The first-order valence-corrected chi connectivity index (χ1v) is 4.48. The molecule has 0 aromatic heterocycles. The Morgan fingerprint density at radius 1 is 1.35 bits per heavy atom. The van der Waals surface area contributed by atoms with Gasteiger partial charge in [0, 0.05) is 0 Å². The second kappa shape index (κ2) is 4.70. The summed E-state index contributed by atoms with van der Waals surface area (Å²) in [6, 6.07) is 1.55. The van der Waals surface area contributed by atoms with Gasteiger partial charge in [-0.15, -0.1) is 0 Å². The van der Waals surface area contributed by atoms with E-state index in [0.717, 1.165) is 0 Å². The third-order valence-electron chi connectivity index (χ3n) is 2.05. The molecule has 0 radical (unpaired) electrons. The Kier molecular flexibility index (Phi) is 3.72. The van der Waals surface area contributed by atoms with Gasteiger partial charge in [0.05, 0.1) is 18.1 Å². The number of carboxylic acid groups (broad SMARTS) is 1. The molecule has 1 atom stereocenters. The van der Waals surface area contributed by atoms with E-state index in [-0.39, 0.29) is 0 Å². The Bertz CT molecular complexity index is 428. The Balaban J connectivity index is 3.20. The molecule has 1 aromatic carbocycles. The van der Waals surface area contributed by atoms with Gasteiger partial charge in [0.15, 0.2) is 0 Å². The Hall–Kier alpha value is -1.63. The normalized spacial score (nSPS) is 13.5. The summed E-state index contributed by atoms with van der Waals surface area (Å²) in [7, 11) is 0. The predicted molar refractivity (Wildman–Crippen MR) is 48.6 cm³/mol. The van der Waals surface area contributed by atoms with Crippen LogP contribution in [-0.4, -0.2) is 16.2 Å². The second-order valence-electron chi connectivity index (χ2n) is 3.34. The van der Waals surface area contributed by atoms with Crippen LogP contribution < -0.4 is 0 Å². The highest BCUT2D eigenvalue weighted by Crippen LogP contribution is 2.35. The van der Waals surface area contributed by atoms with E-state index in [9.17, 15) is 27.5 Å². The van der Waals surface area contributed by atoms with Gasteiger partial charge in [-0.25, -0.2) is 4.39 Å². The molecule has 0 spiro atoms. The lowest BCUT2D eigenvalue weighted by molar-refractivity contribution is -0.143. The van der Waals surface area contributed by atoms with Gasteiger partial charge in [0.25, 0.3) is 0 Å². The summed E-state index contributed by atoms with van der Waals surface area (Å²) in [5, 5.41) is 17.7. The van der Waals surface area contributed by atoms with Crippen molar-refractivity contribution in [3.8, 4) is 0 Å². The quantitative estimate of drug-likeness (QED) is 0.812. The number of carboxylic acids is 1. The number of halogens is 4. The van der Waals surface area contributed by atoms with Crippen molar-refractivity contribution < 1.29 is 32.6 Å². The standard InChI is InChI=1S/C10H8F4O3/c11-5-1-2-7(10(12,13)14)6(3-5)8(15)4-9(16)17/h1-3,8,15H,4H2,(H,16,17)/t8-/m0/s1. The highest BCUT2D eigenvalue weighted by Gasteiger charge is 2.35. The highest BCUT2D eigenvalue weighted by molar-refractivity contribution is 5.67. The molecule has 94 valence electrons. The van der Waals surface area contributed by atoms with Crippen molar-refractivity contribution in [2.45, 2.75) is 18.7 Å². The molecule has 0 unspecified atom stereocenters. The number of hydrogen-bond donors (Lipinski definition) is 2. The maximum Gasteiger partial charge on any atom is 0.416 e. The van der Waals surface area contributed by atoms with Gasteiger partial charge < -0.3 is 10.2 Å². The van der Waals surface area contributed by atoms with Crippen LogP contribution in [0.2, 0.25) is 0 Å². The molecule has 0 saturated carbocycles. The SMILES string of the molecule is O=C(O)C[C@H](O)c1cc(F)ccc1C(F)(F)F. The fraction of sp³-hybridized carbons (Fsp3) is 0.300. The average molecular weight is 252 g/mol. The minimum absolute atomic E-state index is 0.468. The summed E-state index contributed by atoms with van der Waals surface area (Å²) in [6.07, 6.45) is -7.60. The lowest BCUT2D eigenvalue weighted by Gasteiger charge is -2.16. The molecule has 1 aromatic rings. The van der Waals surface area contributed by atoms with E-state index in [2.05, 4.69) is 0 Å². The Labute approximate surface area is 93.3 Å². The summed E-state index contributed by atoms with van der Waals surface area (Å²) in [6.45, 7) is 0. The van der Waals surface area contributed by atoms with Crippen LogP contribution in [0, 0.1) is 5.82 Å². The molecule has 17 heavy (non-hydrogen) atoms. The van der Waals surface area contributed by atoms with Crippen molar-refractivity contribution >= 4 is 5.97 Å². The van der Waals surface area contributed by atoms with E-state index >= 15 is 0 Å². The molecule has 0 aliphatic heterocycles. The fourth-order valence-corrected chi connectivity index (χ4v) is 1.34. The topological polar surface area (TPSA) is 57.5 Å². The summed E-state index contributed by atoms with van der Waals surface area (Å²) in [5.74, 6) is -2.45. The maximum absolute atomic E-state index is 12.8. The Morgan fingerprint density at radius 2 is 1.94 bits per heavy atom. The van der Waals surface area contributed by atoms with Crippen LogP contribution in [0.25, 0.3) is 0 Å². The van der Waals surface area contributed by atoms with E-state index in [1.807, 2.05) is 0 Å². The van der Waals surface area contributed by atoms with E-state index < -0.39 is 41.6 Å². The van der Waals surface area contributed by atoms with E-state index in [1.54, 1.807) is 0 Å². The molecule has 2 N–H and O–H groups in total. The van der Waals surface area contributed by atoms with Crippen LogP contribution in [0.4, 0.5) is 17.6 Å². The van der Waals surface area contributed by atoms with Gasteiger partial charge in [0.1, 0.15) is 5.82 Å². The van der Waals surface area contributed by atoms with Crippen LogP contribution in [0.1, 0.15) is 23.7 Å². The number of carbonyl (C=O) groups is 1. The number of aliphatic hydroxyl groups is 1. The predicted octanol–water partition coefficient (Wildman–Crippen LogP) is 2.35. The van der Waals surface area contributed by atoms with E-state index in [1.165, 1.54) is 0 Å². The fourth-order valence-electron chi connectivity index (χ4n) is 1.34. The molecule has 3 nitrogen and oxygen atoms in total. The summed E-state index contributed by atoms with van der Waals surface area (Å²) in [5.41, 5.74) is -2.02. The molecule has 0 bridgehead atoms. The smallest absolute Gasteiger partial charge is 0.416 e. The zero-order chi connectivity index (χ0) is 13.2. The van der Waals surface area contributed by atoms with Crippen LogP contribution >= 0.6 is 0 Å². The highest BCUT2D eigenvalue weighted by atomic mass is 19.4. The molecular formula is C10H8F4O3. The van der Waals surface area contributed by atoms with E-state index in [0.29, 0.717) is 18.2 Å². The zero-order valence-corrected chi connectivity index (χ0v) is 8.33. The first kappa shape index (κ1) is 13.4. The summed E-state index contributed by atoms with van der Waals surface area (Å²) >= 11 is 0. The Morgan fingerprint density at radius 3 is 2.41 bits per heavy atom. The molecule has 0 fully saturated rings. The van der Waals surface area contributed by atoms with Crippen molar-refractivity contribution in [1.29, 1.82) is 0 Å². The molecule has 0 aliphatic rings. The van der Waals surface area contributed by atoms with Crippen LogP contribution in [0.15, 0.2) is 18.2 Å². The molecule has 0 amide bonds. The van der Waals surface area contributed by atoms with Crippen molar-refractivity contribution in [2.75, 3.05) is 0 Å². The minimum Gasteiger partial charge on any atom is -0.481 e. The maximum atomic E-state index is 12.8.